The number of phosphoric acid groups is 1. The summed E-state index contributed by atoms with van der Waals surface area (Å²) in [6.07, 6.45) is -1.44. The zero-order valence-corrected chi connectivity index (χ0v) is 19.6. The van der Waals surface area contributed by atoms with Crippen LogP contribution in [0, 0.1) is 6.92 Å². The van der Waals surface area contributed by atoms with Crippen molar-refractivity contribution >= 4 is 46.3 Å². The lowest BCUT2D eigenvalue weighted by molar-refractivity contribution is -0.0951. The van der Waals surface area contributed by atoms with Crippen molar-refractivity contribution in [1.29, 1.82) is 0 Å². The van der Waals surface area contributed by atoms with E-state index in [9.17, 15) is 29.0 Å². The second-order valence-corrected chi connectivity index (χ2v) is 9.83. The molecule has 11 nitrogen and oxygen atoms in total. The van der Waals surface area contributed by atoms with Crippen molar-refractivity contribution < 1.29 is 28.7 Å². The molecule has 0 amide bonds. The molecule has 172 valence electrons. The third-order valence-electron chi connectivity index (χ3n) is 5.31. The van der Waals surface area contributed by atoms with E-state index in [1.165, 1.54) is 13.1 Å². The lowest BCUT2D eigenvalue weighted by Gasteiger charge is -2.30. The summed E-state index contributed by atoms with van der Waals surface area (Å²) in [6.45, 7) is 0.847. The maximum Gasteiger partial charge on any atom is 0.469 e. The highest BCUT2D eigenvalue weighted by Gasteiger charge is 2.53. The number of benzene rings is 1. The Hall–Kier alpha value is -1.76. The van der Waals surface area contributed by atoms with E-state index in [1.807, 2.05) is 0 Å². The van der Waals surface area contributed by atoms with Crippen LogP contribution in [0.15, 0.2) is 38.5 Å². The van der Waals surface area contributed by atoms with Crippen LogP contribution in [0.25, 0.3) is 10.9 Å². The van der Waals surface area contributed by atoms with Gasteiger partial charge in [-0.15, -0.1) is 0 Å². The van der Waals surface area contributed by atoms with E-state index in [0.29, 0.717) is 26.1 Å². The Morgan fingerprint density at radius 3 is 2.75 bits per heavy atom. The first-order valence-corrected chi connectivity index (χ1v) is 12.0. The van der Waals surface area contributed by atoms with Crippen LogP contribution in [0.3, 0.4) is 0 Å². The molecule has 0 saturated carbocycles. The third kappa shape index (κ3) is 4.02. The highest BCUT2D eigenvalue weighted by molar-refractivity contribution is 9.10. The number of halogens is 2. The summed E-state index contributed by atoms with van der Waals surface area (Å²) in [5, 5.41) is 10.8. The quantitative estimate of drug-likeness (QED) is 0.299. The summed E-state index contributed by atoms with van der Waals surface area (Å²) in [6, 6.07) is 5.09. The Balaban J connectivity index is 1.98. The summed E-state index contributed by atoms with van der Waals surface area (Å²) < 4.78 is 24.1. The number of H-pyrrole nitrogens is 2. The summed E-state index contributed by atoms with van der Waals surface area (Å²) >= 11 is 9.74. The third-order valence-corrected chi connectivity index (χ3v) is 7.15. The van der Waals surface area contributed by atoms with Gasteiger partial charge in [-0.2, -0.15) is 0 Å². The van der Waals surface area contributed by atoms with Crippen molar-refractivity contribution in [3.8, 4) is 0 Å². The van der Waals surface area contributed by atoms with Gasteiger partial charge in [-0.1, -0.05) is 11.6 Å². The van der Waals surface area contributed by atoms with Gasteiger partial charge in [0.05, 0.1) is 17.3 Å². The number of aryl methyl sites for hydroxylation is 1. The number of rotatable bonds is 5. The van der Waals surface area contributed by atoms with Crippen LogP contribution in [-0.2, 0) is 19.6 Å². The van der Waals surface area contributed by atoms with Gasteiger partial charge < -0.3 is 24.6 Å². The normalized spacial score (nSPS) is 23.8. The Morgan fingerprint density at radius 1 is 1.38 bits per heavy atom. The lowest BCUT2D eigenvalue weighted by Crippen LogP contribution is -2.46. The van der Waals surface area contributed by atoms with E-state index < -0.39 is 43.6 Å². The van der Waals surface area contributed by atoms with Crippen LogP contribution in [0.1, 0.15) is 17.7 Å². The Morgan fingerprint density at radius 2 is 2.09 bits per heavy atom. The summed E-state index contributed by atoms with van der Waals surface area (Å²) in [4.78, 5) is 48.7. The number of ether oxygens (including phenoxy) is 1. The van der Waals surface area contributed by atoms with Crippen LogP contribution in [0.5, 0.6) is 0 Å². The standard InChI is InChI=1S/C18H18BrClN3O8P/c1-8-6-23(17(26)22-16(8)25)18(5-12(13(7-24)30-18)31-32(27,28)29)14-4-9-11(21-14)3-2-10(19)15(9)20/h2-4,6,12-13,21,24H,5,7H2,1H3,(H,22,25,26)(H2,27,28,29)/t12-,13+,18-/m0/s1. The fourth-order valence-electron chi connectivity index (χ4n) is 3.86. The Kier molecular flexibility index (Phi) is 6.02. The first kappa shape index (κ1) is 23.4. The summed E-state index contributed by atoms with van der Waals surface area (Å²) in [5.41, 5.74) is -2.01. The number of aromatic nitrogens is 3. The molecule has 4 rings (SSSR count). The van der Waals surface area contributed by atoms with Gasteiger partial charge in [-0.25, -0.2) is 9.36 Å². The maximum absolute atomic E-state index is 12.8. The van der Waals surface area contributed by atoms with E-state index in [4.69, 9.17) is 20.9 Å². The molecule has 32 heavy (non-hydrogen) atoms. The zero-order valence-electron chi connectivity index (χ0n) is 16.4. The van der Waals surface area contributed by atoms with E-state index in [2.05, 4.69) is 25.9 Å². The van der Waals surface area contributed by atoms with Crippen molar-refractivity contribution in [3.05, 3.63) is 66.0 Å². The number of phosphoric ester groups is 1. The molecule has 0 bridgehead atoms. The monoisotopic (exact) mass is 549 g/mol. The molecular formula is C18H18BrClN3O8P. The largest absolute Gasteiger partial charge is 0.469 e. The van der Waals surface area contributed by atoms with Crippen LogP contribution >= 0.6 is 35.4 Å². The van der Waals surface area contributed by atoms with Crippen molar-refractivity contribution in [2.75, 3.05) is 6.61 Å². The SMILES string of the molecule is Cc1cn([C@@]2(c3cc4c(Cl)c(Br)ccc4[nH]3)C[C@H](OP(=O)(O)O)[C@@H](CO)O2)c(=O)[nH]c1=O. The zero-order chi connectivity index (χ0) is 23.4. The van der Waals surface area contributed by atoms with Crippen molar-refractivity contribution in [3.63, 3.8) is 0 Å². The summed E-state index contributed by atoms with van der Waals surface area (Å²) in [5.74, 6) is 0. The smallest absolute Gasteiger partial charge is 0.394 e. The average Bonchev–Trinajstić information content (AvgIpc) is 3.29. The molecule has 1 saturated heterocycles. The van der Waals surface area contributed by atoms with Crippen LogP contribution in [0.2, 0.25) is 5.02 Å². The molecule has 0 radical (unpaired) electrons. The van der Waals surface area contributed by atoms with Gasteiger partial charge in [0, 0.05) is 33.6 Å². The molecule has 3 aromatic rings. The minimum atomic E-state index is -4.95. The van der Waals surface area contributed by atoms with Crippen molar-refractivity contribution in [2.45, 2.75) is 31.3 Å². The highest BCUT2D eigenvalue weighted by Crippen LogP contribution is 2.48. The fourth-order valence-corrected chi connectivity index (χ4v) is 4.99. The first-order chi connectivity index (χ1) is 14.9. The topological polar surface area (TPSA) is 167 Å². The molecule has 1 aliphatic rings. The fraction of sp³-hybridized carbons (Fsp3) is 0.333. The van der Waals surface area contributed by atoms with Crippen molar-refractivity contribution in [1.82, 2.24) is 14.5 Å². The minimum Gasteiger partial charge on any atom is -0.394 e. The van der Waals surface area contributed by atoms with Gasteiger partial charge in [-0.3, -0.25) is 18.9 Å². The molecule has 3 heterocycles. The minimum absolute atomic E-state index is 0.198. The number of nitrogens with one attached hydrogen (secondary N) is 2. The van der Waals surface area contributed by atoms with E-state index >= 15 is 0 Å². The number of nitrogens with zero attached hydrogens (tertiary/aromatic N) is 1. The molecule has 14 heteroatoms. The average molecular weight is 551 g/mol. The molecule has 1 aliphatic heterocycles. The second kappa shape index (κ2) is 8.23. The number of aromatic amines is 2. The number of hydrogen-bond donors (Lipinski definition) is 5. The van der Waals surface area contributed by atoms with E-state index in [0.717, 1.165) is 4.57 Å². The first-order valence-electron chi connectivity index (χ1n) is 9.28. The van der Waals surface area contributed by atoms with E-state index in [-0.39, 0.29) is 12.0 Å². The Labute approximate surface area is 193 Å². The molecule has 0 aliphatic carbocycles. The Bertz CT molecular complexity index is 1360. The summed E-state index contributed by atoms with van der Waals surface area (Å²) in [7, 11) is -4.95. The van der Waals surface area contributed by atoms with Gasteiger partial charge >= 0.3 is 13.5 Å². The number of aliphatic hydroxyl groups is 1. The van der Waals surface area contributed by atoms with Gasteiger partial charge in [0.25, 0.3) is 5.56 Å². The number of hydrogen-bond acceptors (Lipinski definition) is 6. The second-order valence-electron chi connectivity index (χ2n) is 7.41. The van der Waals surface area contributed by atoms with Crippen LogP contribution in [-0.4, -0.2) is 48.2 Å². The van der Waals surface area contributed by atoms with Crippen LogP contribution < -0.4 is 11.2 Å². The molecule has 3 atom stereocenters. The van der Waals surface area contributed by atoms with Gasteiger partial charge in [-0.05, 0) is 41.1 Å². The molecule has 2 aromatic heterocycles. The van der Waals surface area contributed by atoms with E-state index in [1.54, 1.807) is 18.2 Å². The van der Waals surface area contributed by atoms with Gasteiger partial charge in [0.15, 0.2) is 5.72 Å². The molecule has 5 N–H and O–H groups in total. The molecule has 0 unspecified atom stereocenters. The highest BCUT2D eigenvalue weighted by atomic mass is 79.9. The lowest BCUT2D eigenvalue weighted by atomic mass is 10.0. The molecule has 0 spiro atoms. The van der Waals surface area contributed by atoms with Gasteiger partial charge in [0.1, 0.15) is 12.2 Å². The number of fused-ring (bicyclic) bond motifs is 1. The molecule has 1 aromatic carbocycles. The molecular weight excluding hydrogens is 533 g/mol. The van der Waals surface area contributed by atoms with Crippen LogP contribution in [0.4, 0.5) is 0 Å². The maximum atomic E-state index is 12.8. The van der Waals surface area contributed by atoms with Crippen molar-refractivity contribution in [2.24, 2.45) is 0 Å². The molecule has 1 fully saturated rings. The van der Waals surface area contributed by atoms with Gasteiger partial charge in [0.2, 0.25) is 0 Å². The predicted octanol–water partition coefficient (Wildman–Crippen LogP) is 1.70. The number of aliphatic hydroxyl groups excluding tert-OH is 1. The predicted molar refractivity (Wildman–Crippen MR) is 118 cm³/mol.